The zero-order valence-electron chi connectivity index (χ0n) is 16.7. The molecule has 0 aliphatic heterocycles. The van der Waals surface area contributed by atoms with Crippen molar-refractivity contribution in [3.63, 3.8) is 0 Å². The number of carboxylic acids is 1. The Bertz CT molecular complexity index is 953. The lowest BCUT2D eigenvalue weighted by atomic mass is 9.98. The molecule has 0 radical (unpaired) electrons. The molecule has 0 bridgehead atoms. The fourth-order valence-corrected chi connectivity index (χ4v) is 4.00. The zero-order chi connectivity index (χ0) is 21.3. The lowest BCUT2D eigenvalue weighted by molar-refractivity contribution is -0.142. The van der Waals surface area contributed by atoms with Gasteiger partial charge in [-0.05, 0) is 41.5 Å². The normalized spacial score (nSPS) is 16.7. The van der Waals surface area contributed by atoms with Gasteiger partial charge in [-0.1, -0.05) is 55.5 Å². The van der Waals surface area contributed by atoms with Gasteiger partial charge in [-0.25, -0.2) is 9.59 Å². The summed E-state index contributed by atoms with van der Waals surface area (Å²) in [6.07, 6.45) is 0.508. The molecule has 2 aromatic rings. The summed E-state index contributed by atoms with van der Waals surface area (Å²) in [4.78, 5) is 36.1. The number of aliphatic carboxylic acids is 1. The fourth-order valence-electron chi connectivity index (χ4n) is 4.00. The summed E-state index contributed by atoms with van der Waals surface area (Å²) in [5, 5.41) is 14.3. The number of benzene rings is 2. The molecule has 0 heterocycles. The van der Waals surface area contributed by atoms with E-state index in [9.17, 15) is 14.4 Å². The Balaban J connectivity index is 1.40. The van der Waals surface area contributed by atoms with Crippen molar-refractivity contribution in [2.24, 2.45) is 0 Å². The quantitative estimate of drug-likeness (QED) is 0.653. The molecule has 3 N–H and O–H groups in total. The van der Waals surface area contributed by atoms with Crippen LogP contribution in [0.4, 0.5) is 4.79 Å². The number of alkyl carbamates (subject to hydrolysis) is 1. The van der Waals surface area contributed by atoms with E-state index in [1.54, 1.807) is 6.92 Å². The molecule has 0 unspecified atom stereocenters. The van der Waals surface area contributed by atoms with E-state index in [4.69, 9.17) is 9.84 Å². The number of fused-ring (bicyclic) bond motifs is 3. The smallest absolute Gasteiger partial charge is 0.408 e. The van der Waals surface area contributed by atoms with Gasteiger partial charge in [0.25, 0.3) is 0 Å². The monoisotopic (exact) mass is 408 g/mol. The Morgan fingerprint density at radius 3 is 2.13 bits per heavy atom. The summed E-state index contributed by atoms with van der Waals surface area (Å²) in [7, 11) is 0. The highest BCUT2D eigenvalue weighted by Crippen LogP contribution is 2.44. The number of nitrogens with one attached hydrogen (secondary N) is 2. The van der Waals surface area contributed by atoms with E-state index < -0.39 is 29.6 Å². The second-order valence-electron chi connectivity index (χ2n) is 7.81. The van der Waals surface area contributed by atoms with E-state index in [1.807, 2.05) is 36.4 Å². The first kappa shape index (κ1) is 19.9. The number of amides is 2. The summed E-state index contributed by atoms with van der Waals surface area (Å²) < 4.78 is 5.50. The maximum absolute atomic E-state index is 12.5. The number of carbonyl (C=O) groups excluding carboxylic acids is 2. The maximum atomic E-state index is 12.5. The molecule has 0 spiro atoms. The Labute approximate surface area is 174 Å². The van der Waals surface area contributed by atoms with Gasteiger partial charge in [-0.3, -0.25) is 4.79 Å². The molecule has 2 aliphatic carbocycles. The number of carbonyl (C=O) groups is 3. The predicted octanol–water partition coefficient (Wildman–Crippen LogP) is 3.04. The predicted molar refractivity (Wildman–Crippen MR) is 110 cm³/mol. The van der Waals surface area contributed by atoms with Crippen LogP contribution in [0, 0.1) is 0 Å². The zero-order valence-corrected chi connectivity index (χ0v) is 16.7. The summed E-state index contributed by atoms with van der Waals surface area (Å²) in [6.45, 7) is 1.84. The van der Waals surface area contributed by atoms with Gasteiger partial charge in [0.1, 0.15) is 18.2 Å². The largest absolute Gasteiger partial charge is 0.480 e. The molecule has 0 aromatic heterocycles. The van der Waals surface area contributed by atoms with Crippen LogP contribution in [0.2, 0.25) is 0 Å². The van der Waals surface area contributed by atoms with Gasteiger partial charge in [-0.15, -0.1) is 0 Å². The highest BCUT2D eigenvalue weighted by molar-refractivity contribution is 5.95. The highest BCUT2D eigenvalue weighted by Gasteiger charge is 2.52. The van der Waals surface area contributed by atoms with Crippen LogP contribution in [0.1, 0.15) is 43.2 Å². The van der Waals surface area contributed by atoms with E-state index in [0.717, 1.165) is 22.3 Å². The number of hydrogen-bond acceptors (Lipinski definition) is 4. The Morgan fingerprint density at radius 1 is 1.07 bits per heavy atom. The third-order valence-electron chi connectivity index (χ3n) is 5.88. The van der Waals surface area contributed by atoms with E-state index in [1.165, 1.54) is 0 Å². The molecular formula is C23H24N2O5. The molecule has 7 nitrogen and oxygen atoms in total. The van der Waals surface area contributed by atoms with E-state index in [2.05, 4.69) is 22.8 Å². The van der Waals surface area contributed by atoms with Crippen LogP contribution in [-0.2, 0) is 14.3 Å². The summed E-state index contributed by atoms with van der Waals surface area (Å²) in [5.41, 5.74) is 3.42. The van der Waals surface area contributed by atoms with Crippen molar-refractivity contribution in [1.29, 1.82) is 0 Å². The van der Waals surface area contributed by atoms with E-state index >= 15 is 0 Å². The number of ether oxygens (including phenoxy) is 1. The van der Waals surface area contributed by atoms with Crippen molar-refractivity contribution in [2.45, 2.75) is 43.7 Å². The molecule has 156 valence electrons. The minimum absolute atomic E-state index is 0.0661. The van der Waals surface area contributed by atoms with E-state index in [-0.39, 0.29) is 18.9 Å². The summed E-state index contributed by atoms with van der Waals surface area (Å²) in [5.74, 6) is -1.64. The fraction of sp³-hybridized carbons (Fsp3) is 0.348. The lowest BCUT2D eigenvalue weighted by Gasteiger charge is -2.21. The second-order valence-corrected chi connectivity index (χ2v) is 7.81. The van der Waals surface area contributed by atoms with Crippen molar-refractivity contribution >= 4 is 18.0 Å². The minimum atomic E-state index is -1.09. The van der Waals surface area contributed by atoms with Crippen LogP contribution in [0.25, 0.3) is 11.1 Å². The maximum Gasteiger partial charge on any atom is 0.408 e. The van der Waals surface area contributed by atoms with Gasteiger partial charge < -0.3 is 20.5 Å². The van der Waals surface area contributed by atoms with Crippen LogP contribution < -0.4 is 10.6 Å². The Morgan fingerprint density at radius 2 is 1.63 bits per heavy atom. The molecule has 0 saturated heterocycles. The minimum Gasteiger partial charge on any atom is -0.480 e. The molecular weight excluding hydrogens is 384 g/mol. The van der Waals surface area contributed by atoms with Crippen LogP contribution >= 0.6 is 0 Å². The average Bonchev–Trinajstić information content (AvgIpc) is 3.46. The van der Waals surface area contributed by atoms with Crippen molar-refractivity contribution in [3.8, 4) is 11.1 Å². The molecule has 4 rings (SSSR count). The molecule has 30 heavy (non-hydrogen) atoms. The second kappa shape index (κ2) is 7.82. The average molecular weight is 408 g/mol. The SMILES string of the molecule is CC[C@@H](NC(=O)C1(NC(=O)OCC2c3ccccc3-c3ccccc32)CC1)C(=O)O. The molecule has 2 aliphatic rings. The van der Waals surface area contributed by atoms with E-state index in [0.29, 0.717) is 12.8 Å². The standard InChI is InChI=1S/C23H24N2O5/c1-2-19(20(26)27)24-21(28)23(11-12-23)25-22(29)30-13-18-16-9-5-3-7-14(16)15-8-4-6-10-17(15)18/h3-10,18-19H,2,11-13H2,1H3,(H,24,28)(H,25,29)(H,26,27)/t19-/m1/s1. The van der Waals surface area contributed by atoms with Gasteiger partial charge in [0, 0.05) is 5.92 Å². The van der Waals surface area contributed by atoms with Crippen LogP contribution in [0.15, 0.2) is 48.5 Å². The Hall–Kier alpha value is -3.35. The first-order chi connectivity index (χ1) is 14.4. The number of hydrogen-bond donors (Lipinski definition) is 3. The van der Waals surface area contributed by atoms with Gasteiger partial charge in [0.15, 0.2) is 0 Å². The van der Waals surface area contributed by atoms with Crippen molar-refractivity contribution in [3.05, 3.63) is 59.7 Å². The Kier molecular flexibility index (Phi) is 5.20. The van der Waals surface area contributed by atoms with Crippen LogP contribution in [-0.4, -0.2) is 41.3 Å². The number of carboxylic acid groups (broad SMARTS) is 1. The first-order valence-corrected chi connectivity index (χ1v) is 10.1. The molecule has 7 heteroatoms. The number of rotatable bonds is 7. The lowest BCUT2D eigenvalue weighted by Crippen LogP contribution is -2.53. The van der Waals surface area contributed by atoms with Gasteiger partial charge in [0.05, 0.1) is 0 Å². The molecule has 2 amide bonds. The first-order valence-electron chi connectivity index (χ1n) is 10.1. The molecule has 1 atom stereocenters. The third kappa shape index (κ3) is 3.63. The summed E-state index contributed by atoms with van der Waals surface area (Å²) in [6, 6.07) is 15.1. The third-order valence-corrected chi connectivity index (χ3v) is 5.88. The van der Waals surface area contributed by atoms with Gasteiger partial charge in [0.2, 0.25) is 5.91 Å². The summed E-state index contributed by atoms with van der Waals surface area (Å²) >= 11 is 0. The van der Waals surface area contributed by atoms with Gasteiger partial charge in [-0.2, -0.15) is 0 Å². The van der Waals surface area contributed by atoms with Crippen LogP contribution in [0.3, 0.4) is 0 Å². The topological polar surface area (TPSA) is 105 Å². The van der Waals surface area contributed by atoms with Crippen molar-refractivity contribution in [1.82, 2.24) is 10.6 Å². The van der Waals surface area contributed by atoms with Crippen molar-refractivity contribution < 1.29 is 24.2 Å². The van der Waals surface area contributed by atoms with Crippen molar-refractivity contribution in [2.75, 3.05) is 6.61 Å². The highest BCUT2D eigenvalue weighted by atomic mass is 16.5. The van der Waals surface area contributed by atoms with Crippen LogP contribution in [0.5, 0.6) is 0 Å². The van der Waals surface area contributed by atoms with Gasteiger partial charge >= 0.3 is 12.1 Å². The molecule has 2 aromatic carbocycles. The molecule has 1 fully saturated rings. The molecule has 1 saturated carbocycles.